The van der Waals surface area contributed by atoms with Crippen LogP contribution in [0.5, 0.6) is 0 Å². The lowest BCUT2D eigenvalue weighted by atomic mass is 10.2. The summed E-state index contributed by atoms with van der Waals surface area (Å²) in [6.07, 6.45) is -3.65. The van der Waals surface area contributed by atoms with Crippen LogP contribution in [0.4, 0.5) is 13.2 Å². The molecule has 1 aromatic heterocycles. The van der Waals surface area contributed by atoms with Gasteiger partial charge in [0.2, 0.25) is 0 Å². The first kappa shape index (κ1) is 11.4. The average Bonchev–Trinajstić information content (AvgIpc) is 2.65. The number of carbonyl (C=O) groups excluding carboxylic acids is 2. The van der Waals surface area contributed by atoms with Crippen molar-refractivity contribution < 1.29 is 22.8 Å². The van der Waals surface area contributed by atoms with Crippen LogP contribution in [-0.2, 0) is 0 Å². The number of para-hydroxylation sites is 1. The first-order valence-corrected chi connectivity index (χ1v) is 4.62. The van der Waals surface area contributed by atoms with Gasteiger partial charge in [0.05, 0.1) is 5.52 Å². The third-order valence-electron chi connectivity index (χ3n) is 2.33. The molecule has 3 nitrogen and oxygen atoms in total. The quantitative estimate of drug-likeness (QED) is 0.720. The first-order valence-electron chi connectivity index (χ1n) is 4.62. The summed E-state index contributed by atoms with van der Waals surface area (Å²) in [5.74, 6) is -2.01. The fourth-order valence-corrected chi connectivity index (χ4v) is 1.60. The highest BCUT2D eigenvalue weighted by Gasteiger charge is 2.40. The molecule has 6 heteroatoms. The van der Waals surface area contributed by atoms with Gasteiger partial charge in [0.25, 0.3) is 0 Å². The van der Waals surface area contributed by atoms with Crippen LogP contribution < -0.4 is 0 Å². The molecule has 0 aliphatic heterocycles. The van der Waals surface area contributed by atoms with Gasteiger partial charge >= 0.3 is 12.1 Å². The van der Waals surface area contributed by atoms with Crippen LogP contribution in [0, 0.1) is 0 Å². The molecule has 0 aliphatic rings. The monoisotopic (exact) mass is 241 g/mol. The number of aromatic nitrogens is 1. The predicted molar refractivity (Wildman–Crippen MR) is 54.0 cm³/mol. The molecular weight excluding hydrogens is 235 g/mol. The van der Waals surface area contributed by atoms with Crippen molar-refractivity contribution in [1.29, 1.82) is 0 Å². The Bertz CT molecular complexity index is 598. The summed E-state index contributed by atoms with van der Waals surface area (Å²) in [7, 11) is 0. The number of halogens is 3. The number of nitrogens with zero attached hydrogens (tertiary/aromatic N) is 1. The maximum atomic E-state index is 12.3. The number of rotatable bonds is 1. The fraction of sp³-hybridized carbons (Fsp3) is 0.0909. The van der Waals surface area contributed by atoms with E-state index in [2.05, 4.69) is 0 Å². The predicted octanol–water partition coefficient (Wildman–Crippen LogP) is 2.66. The first-order chi connectivity index (χ1) is 7.95. The summed E-state index contributed by atoms with van der Waals surface area (Å²) in [5, 5.41) is 0.320. The highest BCUT2D eigenvalue weighted by Crippen LogP contribution is 2.24. The van der Waals surface area contributed by atoms with Gasteiger partial charge in [-0.3, -0.25) is 14.2 Å². The standard InChI is InChI=1S/C11H6F3NO2/c12-11(13,14)10(17)15-5-7(6-16)8-3-1-2-4-9(8)15/h1-6H. The van der Waals surface area contributed by atoms with Gasteiger partial charge in [-0.2, -0.15) is 13.2 Å². The zero-order chi connectivity index (χ0) is 12.6. The van der Waals surface area contributed by atoms with E-state index in [-0.39, 0.29) is 11.1 Å². The van der Waals surface area contributed by atoms with Crippen LogP contribution in [0.25, 0.3) is 10.9 Å². The number of carbonyl (C=O) groups is 2. The zero-order valence-corrected chi connectivity index (χ0v) is 8.36. The second kappa shape index (κ2) is 3.73. The largest absolute Gasteiger partial charge is 0.472 e. The van der Waals surface area contributed by atoms with Crippen LogP contribution in [0.3, 0.4) is 0 Å². The lowest BCUT2D eigenvalue weighted by Gasteiger charge is -2.06. The molecule has 2 aromatic rings. The van der Waals surface area contributed by atoms with Crippen molar-refractivity contribution in [2.45, 2.75) is 6.18 Å². The van der Waals surface area contributed by atoms with Crippen molar-refractivity contribution in [3.8, 4) is 0 Å². The summed E-state index contributed by atoms with van der Waals surface area (Å²) < 4.78 is 37.4. The Morgan fingerprint density at radius 2 is 1.88 bits per heavy atom. The van der Waals surface area contributed by atoms with Gasteiger partial charge in [0.15, 0.2) is 6.29 Å². The molecule has 0 bridgehead atoms. The van der Waals surface area contributed by atoms with Crippen LogP contribution in [0.1, 0.15) is 15.2 Å². The normalized spacial score (nSPS) is 11.7. The second-order valence-corrected chi connectivity index (χ2v) is 3.39. The minimum absolute atomic E-state index is 0.0539. The number of hydrogen-bond acceptors (Lipinski definition) is 2. The molecule has 0 aliphatic carbocycles. The van der Waals surface area contributed by atoms with Gasteiger partial charge in [-0.05, 0) is 6.07 Å². The van der Waals surface area contributed by atoms with Gasteiger partial charge in [-0.1, -0.05) is 18.2 Å². The van der Waals surface area contributed by atoms with E-state index < -0.39 is 12.1 Å². The summed E-state index contributed by atoms with van der Waals surface area (Å²) in [6, 6.07) is 5.92. The summed E-state index contributed by atoms with van der Waals surface area (Å²) in [4.78, 5) is 21.8. The molecule has 1 aromatic carbocycles. The van der Waals surface area contributed by atoms with E-state index in [0.29, 0.717) is 16.2 Å². The van der Waals surface area contributed by atoms with E-state index in [0.717, 1.165) is 6.20 Å². The molecule has 0 fully saturated rings. The Kier molecular flexibility index (Phi) is 2.49. The lowest BCUT2D eigenvalue weighted by molar-refractivity contribution is -0.0943. The number of aldehydes is 1. The van der Waals surface area contributed by atoms with Crippen molar-refractivity contribution in [1.82, 2.24) is 4.57 Å². The molecule has 1 heterocycles. The molecule has 0 amide bonds. The van der Waals surface area contributed by atoms with E-state index in [1.807, 2.05) is 0 Å². The van der Waals surface area contributed by atoms with Crippen molar-refractivity contribution in [2.24, 2.45) is 0 Å². The summed E-state index contributed by atoms with van der Waals surface area (Å²) in [5.41, 5.74) is 0.120. The van der Waals surface area contributed by atoms with Crippen molar-refractivity contribution in [2.75, 3.05) is 0 Å². The smallest absolute Gasteiger partial charge is 0.298 e. The van der Waals surface area contributed by atoms with E-state index in [4.69, 9.17) is 0 Å². The maximum Gasteiger partial charge on any atom is 0.472 e. The molecule has 0 saturated heterocycles. The number of alkyl halides is 3. The van der Waals surface area contributed by atoms with Crippen molar-refractivity contribution >= 4 is 23.1 Å². The zero-order valence-electron chi connectivity index (χ0n) is 8.36. The van der Waals surface area contributed by atoms with Crippen molar-refractivity contribution in [3.63, 3.8) is 0 Å². The third-order valence-corrected chi connectivity index (χ3v) is 2.33. The minimum Gasteiger partial charge on any atom is -0.298 e. The molecular formula is C11H6F3NO2. The molecule has 17 heavy (non-hydrogen) atoms. The molecule has 88 valence electrons. The molecule has 0 unspecified atom stereocenters. The topological polar surface area (TPSA) is 39.1 Å². The van der Waals surface area contributed by atoms with E-state index in [9.17, 15) is 22.8 Å². The highest BCUT2D eigenvalue weighted by molar-refractivity contribution is 6.03. The van der Waals surface area contributed by atoms with Crippen LogP contribution in [-0.4, -0.2) is 22.9 Å². The fourth-order valence-electron chi connectivity index (χ4n) is 1.60. The highest BCUT2D eigenvalue weighted by atomic mass is 19.4. The Labute approximate surface area is 93.4 Å². The minimum atomic E-state index is -4.97. The molecule has 0 N–H and O–H groups in total. The molecule has 0 atom stereocenters. The molecule has 0 saturated carbocycles. The average molecular weight is 241 g/mol. The van der Waals surface area contributed by atoms with E-state index in [1.54, 1.807) is 6.07 Å². The van der Waals surface area contributed by atoms with E-state index >= 15 is 0 Å². The lowest BCUT2D eigenvalue weighted by Crippen LogP contribution is -2.28. The SMILES string of the molecule is O=Cc1cn(C(=O)C(F)(F)F)c2ccccc12. The van der Waals surface area contributed by atoms with Crippen LogP contribution >= 0.6 is 0 Å². The maximum absolute atomic E-state index is 12.3. The van der Waals surface area contributed by atoms with Gasteiger partial charge in [0.1, 0.15) is 0 Å². The Balaban J connectivity index is 2.71. The Morgan fingerprint density at radius 1 is 1.24 bits per heavy atom. The Hall–Kier alpha value is -2.11. The van der Waals surface area contributed by atoms with Gasteiger partial charge in [0, 0.05) is 17.1 Å². The molecule has 0 radical (unpaired) electrons. The summed E-state index contributed by atoms with van der Waals surface area (Å²) >= 11 is 0. The van der Waals surface area contributed by atoms with Gasteiger partial charge in [-0.15, -0.1) is 0 Å². The summed E-state index contributed by atoms with van der Waals surface area (Å²) in [6.45, 7) is 0. The van der Waals surface area contributed by atoms with E-state index in [1.165, 1.54) is 18.2 Å². The van der Waals surface area contributed by atoms with Gasteiger partial charge in [-0.25, -0.2) is 0 Å². The van der Waals surface area contributed by atoms with Crippen LogP contribution in [0.15, 0.2) is 30.5 Å². The van der Waals surface area contributed by atoms with Crippen LogP contribution in [0.2, 0.25) is 0 Å². The molecule has 0 spiro atoms. The third kappa shape index (κ3) is 1.82. The Morgan fingerprint density at radius 3 is 2.47 bits per heavy atom. The van der Waals surface area contributed by atoms with Crippen molar-refractivity contribution in [3.05, 3.63) is 36.0 Å². The number of hydrogen-bond donors (Lipinski definition) is 0. The van der Waals surface area contributed by atoms with Gasteiger partial charge < -0.3 is 0 Å². The second-order valence-electron chi connectivity index (χ2n) is 3.39. The number of benzene rings is 1. The molecule has 2 rings (SSSR count). The number of fused-ring (bicyclic) bond motifs is 1.